The van der Waals surface area contributed by atoms with Crippen molar-refractivity contribution in [2.75, 3.05) is 13.1 Å². The fourth-order valence-corrected chi connectivity index (χ4v) is 2.97. The minimum atomic E-state index is -0.258. The number of aromatic hydroxyl groups is 1. The number of nitrogens with zero attached hydrogens (tertiary/aromatic N) is 1. The Morgan fingerprint density at radius 2 is 2.10 bits per heavy atom. The topological polar surface area (TPSA) is 53.7 Å². The molecule has 0 spiro atoms. The lowest BCUT2D eigenvalue weighted by atomic mass is 9.98. The van der Waals surface area contributed by atoms with E-state index in [1.165, 1.54) is 12.3 Å². The van der Waals surface area contributed by atoms with E-state index < -0.39 is 0 Å². The maximum Gasteiger partial charge on any atom is 0.211 e. The van der Waals surface area contributed by atoms with Gasteiger partial charge < -0.3 is 9.52 Å². The summed E-state index contributed by atoms with van der Waals surface area (Å²) >= 11 is 5.81. The fourth-order valence-electron chi connectivity index (χ4n) is 2.82. The van der Waals surface area contributed by atoms with Gasteiger partial charge in [-0.25, -0.2) is 0 Å². The second kappa shape index (κ2) is 5.70. The van der Waals surface area contributed by atoms with E-state index in [9.17, 15) is 9.90 Å². The highest BCUT2D eigenvalue weighted by molar-refractivity contribution is 6.30. The number of halogens is 1. The van der Waals surface area contributed by atoms with Crippen LogP contribution in [-0.4, -0.2) is 23.1 Å². The van der Waals surface area contributed by atoms with Crippen molar-refractivity contribution in [3.63, 3.8) is 0 Å². The van der Waals surface area contributed by atoms with Gasteiger partial charge in [0.1, 0.15) is 22.6 Å². The van der Waals surface area contributed by atoms with Crippen molar-refractivity contribution in [3.05, 3.63) is 39.2 Å². The molecule has 5 heteroatoms. The lowest BCUT2D eigenvalue weighted by Gasteiger charge is -2.30. The summed E-state index contributed by atoms with van der Waals surface area (Å²) in [4.78, 5) is 14.3. The molecule has 1 N–H and O–H groups in total. The van der Waals surface area contributed by atoms with Crippen LogP contribution < -0.4 is 5.43 Å². The van der Waals surface area contributed by atoms with Gasteiger partial charge in [0.2, 0.25) is 5.43 Å². The Labute approximate surface area is 127 Å². The van der Waals surface area contributed by atoms with E-state index in [0.717, 1.165) is 31.8 Å². The van der Waals surface area contributed by atoms with E-state index in [-0.39, 0.29) is 16.2 Å². The summed E-state index contributed by atoms with van der Waals surface area (Å²) in [5.74, 6) is 0.908. The van der Waals surface area contributed by atoms with Crippen molar-refractivity contribution in [1.29, 1.82) is 0 Å². The molecule has 1 aromatic carbocycles. The first-order valence-corrected chi connectivity index (χ1v) is 7.58. The monoisotopic (exact) mass is 307 g/mol. The molecule has 1 aliphatic rings. The van der Waals surface area contributed by atoms with Crippen molar-refractivity contribution >= 4 is 22.6 Å². The molecule has 0 amide bonds. The minimum Gasteiger partial charge on any atom is -0.507 e. The standard InChI is InChI=1S/C16H18ClNO3/c1-10-4-6-18(7-5-10)8-12-14(19)3-2-11-15(20)13(17)9-21-16(11)12/h2-3,9-10,19H,4-8H2,1H3. The van der Waals surface area contributed by atoms with E-state index in [2.05, 4.69) is 11.8 Å². The minimum absolute atomic E-state index is 0.0611. The average Bonchev–Trinajstić information content (AvgIpc) is 2.48. The van der Waals surface area contributed by atoms with Crippen LogP contribution in [0.1, 0.15) is 25.3 Å². The number of fused-ring (bicyclic) bond motifs is 1. The van der Waals surface area contributed by atoms with Crippen LogP contribution >= 0.6 is 11.6 Å². The molecule has 2 heterocycles. The number of phenols is 1. The molecular formula is C16H18ClNO3. The number of hydrogen-bond acceptors (Lipinski definition) is 4. The number of hydrogen-bond donors (Lipinski definition) is 1. The van der Waals surface area contributed by atoms with E-state index in [1.807, 2.05) is 0 Å². The van der Waals surface area contributed by atoms with Gasteiger partial charge in [0.15, 0.2) is 0 Å². The van der Waals surface area contributed by atoms with Gasteiger partial charge in [0.05, 0.1) is 10.9 Å². The molecule has 1 aromatic heterocycles. The van der Waals surface area contributed by atoms with Crippen LogP contribution in [0.25, 0.3) is 11.0 Å². The molecule has 0 unspecified atom stereocenters. The predicted octanol–water partition coefficient (Wildman–Crippen LogP) is 3.38. The molecule has 4 nitrogen and oxygen atoms in total. The lowest BCUT2D eigenvalue weighted by molar-refractivity contribution is 0.184. The van der Waals surface area contributed by atoms with Gasteiger partial charge in [0.25, 0.3) is 0 Å². The van der Waals surface area contributed by atoms with Gasteiger partial charge >= 0.3 is 0 Å². The first-order chi connectivity index (χ1) is 10.1. The molecular weight excluding hydrogens is 290 g/mol. The summed E-state index contributed by atoms with van der Waals surface area (Å²) in [6, 6.07) is 3.10. The second-order valence-corrected chi connectivity index (χ2v) is 6.22. The molecule has 0 aliphatic carbocycles. The SMILES string of the molecule is CC1CCN(Cc2c(O)ccc3c(=O)c(Cl)coc23)CC1. The average molecular weight is 308 g/mol. The van der Waals surface area contributed by atoms with Crippen molar-refractivity contribution in [2.24, 2.45) is 5.92 Å². The zero-order chi connectivity index (χ0) is 15.0. The van der Waals surface area contributed by atoms with Crippen LogP contribution in [0.2, 0.25) is 5.02 Å². The first-order valence-electron chi connectivity index (χ1n) is 7.20. The van der Waals surface area contributed by atoms with Gasteiger partial charge in [0, 0.05) is 6.54 Å². The third-order valence-corrected chi connectivity index (χ3v) is 4.50. The number of benzene rings is 1. The number of rotatable bonds is 2. The van der Waals surface area contributed by atoms with Crippen LogP contribution in [0.4, 0.5) is 0 Å². The van der Waals surface area contributed by atoms with Crippen LogP contribution in [0.5, 0.6) is 5.75 Å². The second-order valence-electron chi connectivity index (χ2n) is 5.81. The lowest BCUT2D eigenvalue weighted by Crippen LogP contribution is -2.32. The van der Waals surface area contributed by atoms with Crippen molar-refractivity contribution < 1.29 is 9.52 Å². The Morgan fingerprint density at radius 3 is 2.81 bits per heavy atom. The molecule has 0 saturated carbocycles. The van der Waals surface area contributed by atoms with Gasteiger partial charge in [-0.3, -0.25) is 9.69 Å². The molecule has 0 bridgehead atoms. The van der Waals surface area contributed by atoms with Gasteiger partial charge in [-0.1, -0.05) is 18.5 Å². The summed E-state index contributed by atoms with van der Waals surface area (Å²) in [6.07, 6.45) is 3.55. The summed E-state index contributed by atoms with van der Waals surface area (Å²) in [5.41, 5.74) is 0.838. The van der Waals surface area contributed by atoms with Gasteiger partial charge in [-0.15, -0.1) is 0 Å². The molecule has 1 fully saturated rings. The predicted molar refractivity (Wildman–Crippen MR) is 82.8 cm³/mol. The Balaban J connectivity index is 1.99. The molecule has 3 rings (SSSR count). The Hall–Kier alpha value is -1.52. The molecule has 0 atom stereocenters. The first kappa shape index (κ1) is 14.4. The fraction of sp³-hybridized carbons (Fsp3) is 0.438. The zero-order valence-electron chi connectivity index (χ0n) is 11.9. The molecule has 0 radical (unpaired) electrons. The smallest absolute Gasteiger partial charge is 0.211 e. The van der Waals surface area contributed by atoms with Crippen LogP contribution in [-0.2, 0) is 6.54 Å². The van der Waals surface area contributed by atoms with E-state index in [0.29, 0.717) is 23.1 Å². The maximum atomic E-state index is 12.0. The van der Waals surface area contributed by atoms with E-state index >= 15 is 0 Å². The number of likely N-dealkylation sites (tertiary alicyclic amines) is 1. The third kappa shape index (κ3) is 2.78. The third-order valence-electron chi connectivity index (χ3n) is 4.24. The van der Waals surface area contributed by atoms with E-state index in [4.69, 9.17) is 16.0 Å². The van der Waals surface area contributed by atoms with Crippen LogP contribution in [0.15, 0.2) is 27.6 Å². The van der Waals surface area contributed by atoms with Crippen molar-refractivity contribution in [1.82, 2.24) is 4.90 Å². The molecule has 1 aliphatic heterocycles. The molecule has 112 valence electrons. The van der Waals surface area contributed by atoms with Crippen LogP contribution in [0.3, 0.4) is 0 Å². The van der Waals surface area contributed by atoms with Crippen LogP contribution in [0, 0.1) is 5.92 Å². The van der Waals surface area contributed by atoms with E-state index in [1.54, 1.807) is 6.07 Å². The highest BCUT2D eigenvalue weighted by Crippen LogP contribution is 2.29. The maximum absolute atomic E-state index is 12.0. The van der Waals surface area contributed by atoms with Gasteiger partial charge in [-0.05, 0) is 44.0 Å². The van der Waals surface area contributed by atoms with Crippen molar-refractivity contribution in [3.8, 4) is 5.75 Å². The van der Waals surface area contributed by atoms with Gasteiger partial charge in [-0.2, -0.15) is 0 Å². The van der Waals surface area contributed by atoms with Crippen molar-refractivity contribution in [2.45, 2.75) is 26.3 Å². The number of phenolic OH excluding ortho intramolecular Hbond substituents is 1. The molecule has 1 saturated heterocycles. The molecule has 2 aromatic rings. The highest BCUT2D eigenvalue weighted by Gasteiger charge is 2.20. The molecule has 21 heavy (non-hydrogen) atoms. The highest BCUT2D eigenvalue weighted by atomic mass is 35.5. The summed E-state index contributed by atoms with van der Waals surface area (Å²) in [6.45, 7) is 4.83. The normalized spacial score (nSPS) is 17.4. The Morgan fingerprint density at radius 1 is 1.38 bits per heavy atom. The summed E-state index contributed by atoms with van der Waals surface area (Å²) in [5, 5.41) is 10.6. The Kier molecular flexibility index (Phi) is 3.91. The Bertz CT molecular complexity index is 717. The summed E-state index contributed by atoms with van der Waals surface area (Å²) < 4.78 is 5.48. The largest absolute Gasteiger partial charge is 0.507 e. The quantitative estimate of drug-likeness (QED) is 0.924. The summed E-state index contributed by atoms with van der Waals surface area (Å²) in [7, 11) is 0. The zero-order valence-corrected chi connectivity index (χ0v) is 12.7. The number of piperidine rings is 1.